The normalized spacial score (nSPS) is 17.9. The lowest BCUT2D eigenvalue weighted by Gasteiger charge is -2.14. The number of aryl methyl sites for hydroxylation is 1. The van der Waals surface area contributed by atoms with Crippen molar-refractivity contribution in [3.8, 4) is 0 Å². The molecule has 1 aliphatic rings. The fourth-order valence-electron chi connectivity index (χ4n) is 2.57. The van der Waals surface area contributed by atoms with Crippen LogP contribution in [-0.2, 0) is 16.6 Å². The summed E-state index contributed by atoms with van der Waals surface area (Å²) >= 11 is 0. The van der Waals surface area contributed by atoms with Crippen LogP contribution < -0.4 is 10.2 Å². The molecule has 6 nitrogen and oxygen atoms in total. The van der Waals surface area contributed by atoms with Gasteiger partial charge in [0, 0.05) is 25.9 Å². The fourth-order valence-corrected chi connectivity index (χ4v) is 2.57. The standard InChI is InChI=1S/C17H18N4O2/c1-20-12-14(11-18-20)21-10-9-15(17(21)23)19-16(22)8-7-13-5-3-2-4-6-13/h2-8,11-12,15H,9-10H2,1H3,(H,19,22)/b8-7+/t15-/m1/s1. The van der Waals surface area contributed by atoms with Crippen LogP contribution in [0.15, 0.2) is 48.8 Å². The fraction of sp³-hybridized carbons (Fsp3) is 0.235. The smallest absolute Gasteiger partial charge is 0.249 e. The van der Waals surface area contributed by atoms with Crippen LogP contribution in [0.25, 0.3) is 6.08 Å². The van der Waals surface area contributed by atoms with Gasteiger partial charge in [-0.2, -0.15) is 5.10 Å². The van der Waals surface area contributed by atoms with Crippen LogP contribution in [0.5, 0.6) is 0 Å². The maximum atomic E-state index is 12.4. The molecule has 2 amide bonds. The molecule has 1 aromatic heterocycles. The van der Waals surface area contributed by atoms with Gasteiger partial charge >= 0.3 is 0 Å². The Labute approximate surface area is 134 Å². The van der Waals surface area contributed by atoms with Crippen LogP contribution in [0.3, 0.4) is 0 Å². The molecule has 1 aliphatic heterocycles. The van der Waals surface area contributed by atoms with Crippen molar-refractivity contribution in [1.82, 2.24) is 15.1 Å². The van der Waals surface area contributed by atoms with E-state index in [1.807, 2.05) is 30.3 Å². The van der Waals surface area contributed by atoms with Gasteiger partial charge in [-0.1, -0.05) is 30.3 Å². The number of carbonyl (C=O) groups excluding carboxylic acids is 2. The number of hydrogen-bond donors (Lipinski definition) is 1. The van der Waals surface area contributed by atoms with Gasteiger partial charge in [-0.15, -0.1) is 0 Å². The average Bonchev–Trinajstić information content (AvgIpc) is 3.13. The maximum Gasteiger partial charge on any atom is 0.249 e. The highest BCUT2D eigenvalue weighted by molar-refractivity contribution is 6.03. The second-order valence-electron chi connectivity index (χ2n) is 5.46. The van der Waals surface area contributed by atoms with E-state index >= 15 is 0 Å². The highest BCUT2D eigenvalue weighted by Crippen LogP contribution is 2.20. The molecule has 0 spiro atoms. The van der Waals surface area contributed by atoms with Gasteiger partial charge in [0.15, 0.2) is 0 Å². The third-order valence-electron chi connectivity index (χ3n) is 3.75. The number of carbonyl (C=O) groups is 2. The minimum absolute atomic E-state index is 0.0977. The Morgan fingerprint density at radius 3 is 2.83 bits per heavy atom. The lowest BCUT2D eigenvalue weighted by molar-refractivity contribution is -0.123. The van der Waals surface area contributed by atoms with Crippen LogP contribution in [-0.4, -0.2) is 34.2 Å². The lowest BCUT2D eigenvalue weighted by atomic mass is 10.2. The lowest BCUT2D eigenvalue weighted by Crippen LogP contribution is -2.40. The number of amides is 2. The molecule has 1 aromatic carbocycles. The molecule has 0 unspecified atom stereocenters. The van der Waals surface area contributed by atoms with Crippen LogP contribution in [0.4, 0.5) is 5.69 Å². The Morgan fingerprint density at radius 2 is 2.13 bits per heavy atom. The third kappa shape index (κ3) is 3.48. The molecule has 0 radical (unpaired) electrons. The molecule has 23 heavy (non-hydrogen) atoms. The molecule has 6 heteroatoms. The van der Waals surface area contributed by atoms with E-state index in [1.165, 1.54) is 6.08 Å². The number of nitrogens with one attached hydrogen (secondary N) is 1. The Hall–Kier alpha value is -2.89. The van der Waals surface area contributed by atoms with Crippen molar-refractivity contribution in [3.05, 3.63) is 54.4 Å². The summed E-state index contributed by atoms with van der Waals surface area (Å²) in [6, 6.07) is 9.07. The van der Waals surface area contributed by atoms with Gasteiger partial charge in [-0.25, -0.2) is 0 Å². The predicted molar refractivity (Wildman–Crippen MR) is 87.6 cm³/mol. The van der Waals surface area contributed by atoms with Gasteiger partial charge in [0.2, 0.25) is 11.8 Å². The Balaban J connectivity index is 1.59. The number of anilines is 1. The van der Waals surface area contributed by atoms with Gasteiger partial charge < -0.3 is 10.2 Å². The van der Waals surface area contributed by atoms with E-state index in [0.29, 0.717) is 13.0 Å². The first-order chi connectivity index (χ1) is 11.1. The zero-order chi connectivity index (χ0) is 16.2. The van der Waals surface area contributed by atoms with Gasteiger partial charge in [-0.3, -0.25) is 14.3 Å². The van der Waals surface area contributed by atoms with Gasteiger partial charge in [0.1, 0.15) is 6.04 Å². The van der Waals surface area contributed by atoms with Crippen molar-refractivity contribution < 1.29 is 9.59 Å². The number of nitrogens with zero attached hydrogens (tertiary/aromatic N) is 3. The molecule has 2 heterocycles. The minimum Gasteiger partial charge on any atom is -0.341 e. The predicted octanol–water partition coefficient (Wildman–Crippen LogP) is 1.35. The molecule has 2 aromatic rings. The Kier molecular flexibility index (Phi) is 4.23. The Morgan fingerprint density at radius 1 is 1.35 bits per heavy atom. The highest BCUT2D eigenvalue weighted by atomic mass is 16.2. The molecule has 0 bridgehead atoms. The molecule has 1 N–H and O–H groups in total. The first-order valence-electron chi connectivity index (χ1n) is 7.47. The summed E-state index contributed by atoms with van der Waals surface area (Å²) in [7, 11) is 1.80. The number of rotatable bonds is 4. The monoisotopic (exact) mass is 310 g/mol. The summed E-state index contributed by atoms with van der Waals surface area (Å²) in [4.78, 5) is 26.0. The molecular formula is C17H18N4O2. The first-order valence-corrected chi connectivity index (χ1v) is 7.47. The topological polar surface area (TPSA) is 67.2 Å². The molecule has 0 aliphatic carbocycles. The summed E-state index contributed by atoms with van der Waals surface area (Å²) in [5.74, 6) is -0.361. The largest absolute Gasteiger partial charge is 0.341 e. The van der Waals surface area contributed by atoms with Crippen LogP contribution in [0.1, 0.15) is 12.0 Å². The van der Waals surface area contributed by atoms with E-state index in [9.17, 15) is 9.59 Å². The zero-order valence-electron chi connectivity index (χ0n) is 12.8. The van der Waals surface area contributed by atoms with Crippen molar-refractivity contribution in [2.45, 2.75) is 12.5 Å². The molecule has 1 atom stereocenters. The van der Waals surface area contributed by atoms with E-state index in [1.54, 1.807) is 35.1 Å². The third-order valence-corrected chi connectivity index (χ3v) is 3.75. The van der Waals surface area contributed by atoms with E-state index in [2.05, 4.69) is 10.4 Å². The van der Waals surface area contributed by atoms with E-state index < -0.39 is 6.04 Å². The number of aromatic nitrogens is 2. The van der Waals surface area contributed by atoms with E-state index in [-0.39, 0.29) is 11.8 Å². The van der Waals surface area contributed by atoms with E-state index in [0.717, 1.165) is 11.3 Å². The maximum absolute atomic E-state index is 12.4. The Bertz CT molecular complexity index is 736. The summed E-state index contributed by atoms with van der Waals surface area (Å²) < 4.78 is 1.65. The van der Waals surface area contributed by atoms with Crippen molar-refractivity contribution in [1.29, 1.82) is 0 Å². The molecule has 0 saturated carbocycles. The molecule has 1 fully saturated rings. The van der Waals surface area contributed by atoms with Crippen molar-refractivity contribution in [2.75, 3.05) is 11.4 Å². The minimum atomic E-state index is -0.483. The molecule has 118 valence electrons. The average molecular weight is 310 g/mol. The number of hydrogen-bond acceptors (Lipinski definition) is 3. The van der Waals surface area contributed by atoms with Crippen molar-refractivity contribution in [2.24, 2.45) is 7.05 Å². The van der Waals surface area contributed by atoms with Crippen molar-refractivity contribution >= 4 is 23.6 Å². The molecule has 3 rings (SSSR count). The van der Waals surface area contributed by atoms with Crippen LogP contribution in [0.2, 0.25) is 0 Å². The van der Waals surface area contributed by atoms with E-state index in [4.69, 9.17) is 0 Å². The second-order valence-corrected chi connectivity index (χ2v) is 5.46. The quantitative estimate of drug-likeness (QED) is 0.867. The van der Waals surface area contributed by atoms with Gasteiger partial charge in [0.25, 0.3) is 0 Å². The summed E-state index contributed by atoms with van der Waals surface area (Å²) in [5, 5.41) is 6.83. The first kappa shape index (κ1) is 15.0. The van der Waals surface area contributed by atoms with Crippen LogP contribution in [0, 0.1) is 0 Å². The van der Waals surface area contributed by atoms with Gasteiger partial charge in [-0.05, 0) is 18.1 Å². The summed E-state index contributed by atoms with van der Waals surface area (Å²) in [5.41, 5.74) is 1.70. The van der Waals surface area contributed by atoms with Crippen molar-refractivity contribution in [3.63, 3.8) is 0 Å². The number of benzene rings is 1. The molecule has 1 saturated heterocycles. The highest BCUT2D eigenvalue weighted by Gasteiger charge is 2.33. The van der Waals surface area contributed by atoms with Crippen LogP contribution >= 0.6 is 0 Å². The molecular weight excluding hydrogens is 292 g/mol. The summed E-state index contributed by atoms with van der Waals surface area (Å²) in [6.45, 7) is 0.581. The second kappa shape index (κ2) is 6.48. The van der Waals surface area contributed by atoms with Gasteiger partial charge in [0.05, 0.1) is 11.9 Å². The summed E-state index contributed by atoms with van der Waals surface area (Å²) in [6.07, 6.45) is 7.22. The SMILES string of the molecule is Cn1cc(N2CC[C@@H](NC(=O)/C=C/c3ccccc3)C2=O)cn1. The zero-order valence-corrected chi connectivity index (χ0v) is 12.8.